The van der Waals surface area contributed by atoms with Crippen molar-refractivity contribution in [2.24, 2.45) is 5.92 Å². The number of carboxylic acids is 1. The molecule has 0 aliphatic heterocycles. The molecule has 2 unspecified atom stereocenters. The largest absolute Gasteiger partial charge is 0.481 e. The zero-order valence-corrected chi connectivity index (χ0v) is 12.5. The topological polar surface area (TPSA) is 80.9 Å². The van der Waals surface area contributed by atoms with Crippen LogP contribution in [-0.2, 0) is 17.6 Å². The quantitative estimate of drug-likeness (QED) is 0.879. The van der Waals surface area contributed by atoms with Crippen LogP contribution in [0.15, 0.2) is 24.3 Å². The van der Waals surface area contributed by atoms with E-state index >= 15 is 0 Å². The number of rotatable bonds is 6. The van der Waals surface area contributed by atoms with E-state index in [2.05, 4.69) is 46.7 Å². The third-order valence-corrected chi connectivity index (χ3v) is 3.82. The van der Waals surface area contributed by atoms with Crippen LogP contribution in [0.1, 0.15) is 36.8 Å². The highest BCUT2D eigenvalue weighted by Gasteiger charge is 2.24. The summed E-state index contributed by atoms with van der Waals surface area (Å²) in [6.45, 7) is 5.54. The molecular formula is C15H20N4O2. The van der Waals surface area contributed by atoms with Gasteiger partial charge in [-0.1, -0.05) is 29.8 Å². The minimum absolute atomic E-state index is 0.273. The second kappa shape index (κ2) is 6.47. The fourth-order valence-electron chi connectivity index (χ4n) is 2.12. The summed E-state index contributed by atoms with van der Waals surface area (Å²) in [5, 5.41) is 20.7. The molecule has 0 amide bonds. The smallest absolute Gasteiger partial charge is 0.308 e. The van der Waals surface area contributed by atoms with E-state index in [1.165, 1.54) is 11.1 Å². The van der Waals surface area contributed by atoms with Crippen LogP contribution in [0.25, 0.3) is 0 Å². The van der Waals surface area contributed by atoms with E-state index in [1.807, 2.05) is 6.92 Å². The maximum atomic E-state index is 11.1. The molecule has 112 valence electrons. The van der Waals surface area contributed by atoms with Gasteiger partial charge in [-0.05, 0) is 43.2 Å². The molecule has 0 saturated heterocycles. The van der Waals surface area contributed by atoms with Crippen molar-refractivity contribution in [2.45, 2.75) is 39.7 Å². The van der Waals surface area contributed by atoms with E-state index in [0.29, 0.717) is 6.42 Å². The molecule has 1 aromatic carbocycles. The zero-order valence-electron chi connectivity index (χ0n) is 12.5. The van der Waals surface area contributed by atoms with Gasteiger partial charge in [0.2, 0.25) is 0 Å². The molecule has 1 N–H and O–H groups in total. The van der Waals surface area contributed by atoms with Gasteiger partial charge < -0.3 is 5.11 Å². The lowest BCUT2D eigenvalue weighted by molar-refractivity contribution is -0.142. The van der Waals surface area contributed by atoms with Crippen LogP contribution < -0.4 is 0 Å². The number of carboxylic acid groups (broad SMARTS) is 1. The van der Waals surface area contributed by atoms with Gasteiger partial charge in [-0.25, -0.2) is 4.68 Å². The number of hydrogen-bond acceptors (Lipinski definition) is 4. The maximum Gasteiger partial charge on any atom is 0.308 e. The fourth-order valence-corrected chi connectivity index (χ4v) is 2.12. The zero-order chi connectivity index (χ0) is 15.4. The van der Waals surface area contributed by atoms with Crippen LogP contribution in [0.2, 0.25) is 0 Å². The van der Waals surface area contributed by atoms with Gasteiger partial charge in [0.05, 0.1) is 12.0 Å². The number of benzene rings is 1. The number of nitrogens with zero attached hydrogens (tertiary/aromatic N) is 4. The molecule has 1 aromatic heterocycles. The second-order valence-corrected chi connectivity index (χ2v) is 5.39. The molecule has 2 rings (SSSR count). The molecule has 1 heterocycles. The Morgan fingerprint density at radius 2 is 1.90 bits per heavy atom. The molecule has 6 heteroatoms. The summed E-state index contributed by atoms with van der Waals surface area (Å²) in [6.07, 6.45) is 1.52. The van der Waals surface area contributed by atoms with Gasteiger partial charge in [0.25, 0.3) is 0 Å². The van der Waals surface area contributed by atoms with Crippen LogP contribution >= 0.6 is 0 Å². The molecule has 6 nitrogen and oxygen atoms in total. The molecule has 0 fully saturated rings. The van der Waals surface area contributed by atoms with Crippen LogP contribution in [0, 0.1) is 12.8 Å². The van der Waals surface area contributed by atoms with Gasteiger partial charge in [0.15, 0.2) is 5.82 Å². The number of carbonyl (C=O) groups is 1. The third-order valence-electron chi connectivity index (χ3n) is 3.82. The van der Waals surface area contributed by atoms with Gasteiger partial charge in [0.1, 0.15) is 0 Å². The number of aromatic nitrogens is 4. The Balaban J connectivity index is 2.06. The lowest BCUT2D eigenvalue weighted by Crippen LogP contribution is -2.24. The van der Waals surface area contributed by atoms with E-state index in [9.17, 15) is 4.79 Å². The molecule has 0 spiro atoms. The van der Waals surface area contributed by atoms with Crippen molar-refractivity contribution >= 4 is 5.97 Å². The molecule has 21 heavy (non-hydrogen) atoms. The molecule has 2 atom stereocenters. The molecular weight excluding hydrogens is 268 g/mol. The van der Waals surface area contributed by atoms with Crippen molar-refractivity contribution in [1.82, 2.24) is 20.2 Å². The summed E-state index contributed by atoms with van der Waals surface area (Å²) in [5.74, 6) is -0.662. The van der Waals surface area contributed by atoms with Crippen LogP contribution in [0.5, 0.6) is 0 Å². The SMILES string of the molecule is Cc1ccc(CCc2nnnn2C(C)C(C)C(=O)O)cc1. The third kappa shape index (κ3) is 3.65. The van der Waals surface area contributed by atoms with Crippen molar-refractivity contribution in [3.05, 3.63) is 41.2 Å². The Morgan fingerprint density at radius 1 is 1.24 bits per heavy atom. The molecule has 0 aliphatic carbocycles. The molecule has 0 bridgehead atoms. The van der Waals surface area contributed by atoms with Crippen molar-refractivity contribution in [3.8, 4) is 0 Å². The highest BCUT2D eigenvalue weighted by atomic mass is 16.4. The Labute approximate surface area is 123 Å². The Bertz CT molecular complexity index is 606. The molecule has 2 aromatic rings. The first-order chi connectivity index (χ1) is 9.99. The summed E-state index contributed by atoms with van der Waals surface area (Å²) >= 11 is 0. The summed E-state index contributed by atoms with van der Waals surface area (Å²) in [6, 6.07) is 8.06. The van der Waals surface area contributed by atoms with Crippen molar-refractivity contribution in [1.29, 1.82) is 0 Å². The highest BCUT2D eigenvalue weighted by Crippen LogP contribution is 2.18. The van der Waals surface area contributed by atoms with E-state index in [0.717, 1.165) is 12.2 Å². The fraction of sp³-hybridized carbons (Fsp3) is 0.467. The number of hydrogen-bond donors (Lipinski definition) is 1. The van der Waals surface area contributed by atoms with Gasteiger partial charge in [-0.15, -0.1) is 5.10 Å². The van der Waals surface area contributed by atoms with Crippen molar-refractivity contribution in [3.63, 3.8) is 0 Å². The van der Waals surface area contributed by atoms with Gasteiger partial charge in [-0.3, -0.25) is 4.79 Å². The number of aryl methyl sites for hydroxylation is 3. The average molecular weight is 288 g/mol. The minimum atomic E-state index is -0.845. The van der Waals surface area contributed by atoms with Gasteiger partial charge in [0, 0.05) is 6.42 Å². The molecule has 0 saturated carbocycles. The standard InChI is InChI=1S/C15H20N4O2/c1-10-4-6-13(7-5-10)8-9-14-16-17-18-19(14)12(3)11(2)15(20)21/h4-7,11-12H,8-9H2,1-3H3,(H,20,21). The first kappa shape index (κ1) is 15.2. The predicted molar refractivity (Wildman–Crippen MR) is 77.9 cm³/mol. The van der Waals surface area contributed by atoms with Crippen molar-refractivity contribution in [2.75, 3.05) is 0 Å². The van der Waals surface area contributed by atoms with Crippen LogP contribution in [0.3, 0.4) is 0 Å². The summed E-state index contributed by atoms with van der Waals surface area (Å²) in [7, 11) is 0. The van der Waals surface area contributed by atoms with Crippen LogP contribution in [0.4, 0.5) is 0 Å². The van der Waals surface area contributed by atoms with Crippen LogP contribution in [-0.4, -0.2) is 31.3 Å². The van der Waals surface area contributed by atoms with Gasteiger partial charge in [-0.2, -0.15) is 0 Å². The van der Waals surface area contributed by atoms with Crippen molar-refractivity contribution < 1.29 is 9.90 Å². The Hall–Kier alpha value is -2.24. The van der Waals surface area contributed by atoms with Gasteiger partial charge >= 0.3 is 5.97 Å². The first-order valence-corrected chi connectivity index (χ1v) is 7.04. The number of aliphatic carboxylic acids is 1. The summed E-state index contributed by atoms with van der Waals surface area (Å²) in [5.41, 5.74) is 2.45. The lowest BCUT2D eigenvalue weighted by atomic mass is 10.0. The summed E-state index contributed by atoms with van der Waals surface area (Å²) in [4.78, 5) is 11.1. The minimum Gasteiger partial charge on any atom is -0.481 e. The maximum absolute atomic E-state index is 11.1. The Kier molecular flexibility index (Phi) is 4.67. The average Bonchev–Trinajstić information content (AvgIpc) is 2.93. The van der Waals surface area contributed by atoms with E-state index in [1.54, 1.807) is 11.6 Å². The Morgan fingerprint density at radius 3 is 2.52 bits per heavy atom. The molecule has 0 aliphatic rings. The monoisotopic (exact) mass is 288 g/mol. The first-order valence-electron chi connectivity index (χ1n) is 7.04. The second-order valence-electron chi connectivity index (χ2n) is 5.39. The highest BCUT2D eigenvalue weighted by molar-refractivity contribution is 5.70. The van der Waals surface area contributed by atoms with E-state index < -0.39 is 11.9 Å². The van der Waals surface area contributed by atoms with E-state index in [4.69, 9.17) is 5.11 Å². The lowest BCUT2D eigenvalue weighted by Gasteiger charge is -2.17. The summed E-state index contributed by atoms with van der Waals surface area (Å²) < 4.78 is 1.62. The van der Waals surface area contributed by atoms with E-state index in [-0.39, 0.29) is 6.04 Å². The normalized spacial score (nSPS) is 13.9. The molecule has 0 radical (unpaired) electrons. The predicted octanol–water partition coefficient (Wildman–Crippen LogP) is 2.05. The number of tetrazole rings is 1.